The normalized spacial score (nSPS) is 20.9. The Morgan fingerprint density at radius 2 is 1.87 bits per heavy atom. The second-order valence-corrected chi connectivity index (χ2v) is 13.5. The number of nitrogens with one attached hydrogen (secondary N) is 1. The Bertz CT molecular complexity index is 1610. The number of nitrogens with zero attached hydrogens (tertiary/aromatic N) is 3. The Morgan fingerprint density at radius 3 is 2.47 bits per heavy atom. The van der Waals surface area contributed by atoms with Crippen LogP contribution in [0.5, 0.6) is 0 Å². The minimum absolute atomic E-state index is 0.00304. The van der Waals surface area contributed by atoms with Gasteiger partial charge in [-0.3, -0.25) is 0 Å². The number of rotatable bonds is 7. The molecule has 2 aliphatic rings. The zero-order valence-electron chi connectivity index (χ0n) is 19.7. The fourth-order valence-electron chi connectivity index (χ4n) is 4.20. The Balaban J connectivity index is 1.46. The van der Waals surface area contributed by atoms with Gasteiger partial charge in [-0.15, -0.1) is 0 Å². The number of halogens is 1. The van der Waals surface area contributed by atoms with Gasteiger partial charge in [-0.25, -0.2) is 26.6 Å². The summed E-state index contributed by atoms with van der Waals surface area (Å²) < 4.78 is 65.7. The molecular formula is C24H21ClN4O7S2. The first-order chi connectivity index (χ1) is 18.1. The van der Waals surface area contributed by atoms with Crippen LogP contribution in [-0.4, -0.2) is 55.8 Å². The van der Waals surface area contributed by atoms with Crippen molar-refractivity contribution in [1.29, 1.82) is 5.26 Å². The number of hydrogen-bond acceptors (Lipinski definition) is 9. The maximum Gasteiger partial charge on any atom is 0.410 e. The van der Waals surface area contributed by atoms with Gasteiger partial charge < -0.3 is 14.5 Å². The Hall–Kier alpha value is -3.44. The number of oxazole rings is 1. The first-order valence-electron chi connectivity index (χ1n) is 11.4. The summed E-state index contributed by atoms with van der Waals surface area (Å²) in [4.78, 5) is 16.1. The monoisotopic (exact) mass is 576 g/mol. The zero-order valence-corrected chi connectivity index (χ0v) is 22.0. The van der Waals surface area contributed by atoms with Crippen molar-refractivity contribution < 1.29 is 30.8 Å². The second kappa shape index (κ2) is 9.70. The highest BCUT2D eigenvalue weighted by molar-refractivity contribution is 7.92. The van der Waals surface area contributed by atoms with E-state index in [-0.39, 0.29) is 21.2 Å². The molecule has 0 spiro atoms. The minimum atomic E-state index is -4.32. The Labute approximate surface area is 223 Å². The predicted molar refractivity (Wildman–Crippen MR) is 134 cm³/mol. The van der Waals surface area contributed by atoms with Gasteiger partial charge in [0.25, 0.3) is 0 Å². The van der Waals surface area contributed by atoms with Crippen molar-refractivity contribution in [2.75, 3.05) is 6.54 Å². The number of hydrogen-bond donors (Lipinski definition) is 1. The summed E-state index contributed by atoms with van der Waals surface area (Å²) in [6.07, 6.45) is 0.824. The van der Waals surface area contributed by atoms with Crippen LogP contribution in [0.25, 0.3) is 11.3 Å². The second-order valence-electron chi connectivity index (χ2n) is 8.98. The van der Waals surface area contributed by atoms with Crippen molar-refractivity contribution in [2.45, 2.75) is 46.1 Å². The molecule has 11 nitrogen and oxygen atoms in total. The predicted octanol–water partition coefficient (Wildman–Crippen LogP) is 3.34. The number of amides is 1. The molecule has 2 fully saturated rings. The van der Waals surface area contributed by atoms with Crippen LogP contribution in [0.15, 0.2) is 75.3 Å². The lowest BCUT2D eigenvalue weighted by Gasteiger charge is -2.24. The van der Waals surface area contributed by atoms with E-state index in [1.165, 1.54) is 55.1 Å². The third-order valence-corrected chi connectivity index (χ3v) is 11.0. The number of ether oxygens (including phenoxy) is 1. The van der Waals surface area contributed by atoms with Gasteiger partial charge in [-0.2, -0.15) is 9.57 Å². The van der Waals surface area contributed by atoms with Crippen molar-refractivity contribution >= 4 is 37.6 Å². The Morgan fingerprint density at radius 1 is 1.16 bits per heavy atom. The van der Waals surface area contributed by atoms with Gasteiger partial charge in [0.2, 0.25) is 10.0 Å². The SMILES string of the molecule is N#CC1(NC(=O)O[C@H]2C[C@@H](S(=O)(=O)c3ccccc3Cl)CN2S(=O)(=O)c2ccc(-c3cnco3)cc2)CC1. The summed E-state index contributed by atoms with van der Waals surface area (Å²) in [5.41, 5.74) is -0.473. The van der Waals surface area contributed by atoms with E-state index < -0.39 is 49.5 Å². The van der Waals surface area contributed by atoms with Crippen LogP contribution < -0.4 is 5.32 Å². The van der Waals surface area contributed by atoms with Crippen LogP contribution in [0.4, 0.5) is 4.79 Å². The lowest BCUT2D eigenvalue weighted by molar-refractivity contribution is 0.0507. The molecule has 1 aliphatic heterocycles. The van der Waals surface area contributed by atoms with E-state index in [4.69, 9.17) is 20.8 Å². The number of carbonyl (C=O) groups excluding carboxylic acids is 1. The fraction of sp³-hybridized carbons (Fsp3) is 0.292. The summed E-state index contributed by atoms with van der Waals surface area (Å²) in [5, 5.41) is 10.5. The van der Waals surface area contributed by atoms with Gasteiger partial charge in [0.15, 0.2) is 28.2 Å². The van der Waals surface area contributed by atoms with Crippen molar-refractivity contribution in [1.82, 2.24) is 14.6 Å². The van der Waals surface area contributed by atoms with Crippen molar-refractivity contribution in [3.05, 3.63) is 66.1 Å². The van der Waals surface area contributed by atoms with E-state index in [1.807, 2.05) is 6.07 Å². The van der Waals surface area contributed by atoms with Crippen LogP contribution in [0, 0.1) is 11.3 Å². The molecule has 1 aromatic heterocycles. The molecule has 0 radical (unpaired) electrons. The van der Waals surface area contributed by atoms with Crippen LogP contribution >= 0.6 is 11.6 Å². The minimum Gasteiger partial charge on any atom is -0.444 e. The standard InChI is InChI=1S/C24H21ClN4O7S2/c25-19-3-1-2-4-21(19)37(31,32)18-11-22(36-23(30)28-24(14-26)9-10-24)29(13-18)38(33,34)17-7-5-16(6-8-17)20-12-27-15-35-20/h1-8,12,15,18,22H,9-11,13H2,(H,28,30)/t18-,22+/m1/s1. The van der Waals surface area contributed by atoms with Gasteiger partial charge in [0.05, 0.1) is 32.3 Å². The summed E-state index contributed by atoms with van der Waals surface area (Å²) in [5.74, 6) is 0.436. The highest BCUT2D eigenvalue weighted by atomic mass is 35.5. The van der Waals surface area contributed by atoms with Crippen LogP contribution in [0.2, 0.25) is 5.02 Å². The summed E-state index contributed by atoms with van der Waals surface area (Å²) in [6, 6.07) is 13.6. The fourth-order valence-corrected chi connectivity index (χ4v) is 8.06. The van der Waals surface area contributed by atoms with Crippen molar-refractivity contribution in [3.8, 4) is 17.4 Å². The van der Waals surface area contributed by atoms with Crippen LogP contribution in [0.3, 0.4) is 0 Å². The average molecular weight is 577 g/mol. The van der Waals surface area contributed by atoms with Gasteiger partial charge in [0, 0.05) is 18.5 Å². The van der Waals surface area contributed by atoms with E-state index >= 15 is 0 Å². The highest BCUT2D eigenvalue weighted by Crippen LogP contribution is 2.37. The van der Waals surface area contributed by atoms with Crippen molar-refractivity contribution in [3.63, 3.8) is 0 Å². The molecule has 1 saturated heterocycles. The molecule has 2 atom stereocenters. The molecule has 14 heteroatoms. The lowest BCUT2D eigenvalue weighted by atomic mass is 10.2. The molecule has 1 aliphatic carbocycles. The average Bonchev–Trinajstić information content (AvgIpc) is 3.27. The number of sulfone groups is 1. The molecule has 1 amide bonds. The van der Waals surface area contributed by atoms with Gasteiger partial charge in [-0.05, 0) is 49.2 Å². The number of aromatic nitrogens is 1. The summed E-state index contributed by atoms with van der Waals surface area (Å²) >= 11 is 6.13. The van der Waals surface area contributed by atoms with E-state index in [0.29, 0.717) is 24.2 Å². The van der Waals surface area contributed by atoms with Crippen LogP contribution in [-0.2, 0) is 24.6 Å². The van der Waals surface area contributed by atoms with E-state index in [1.54, 1.807) is 6.07 Å². The molecule has 0 bridgehead atoms. The first-order valence-corrected chi connectivity index (χ1v) is 14.8. The third kappa shape index (κ3) is 4.88. The topological polar surface area (TPSA) is 160 Å². The largest absolute Gasteiger partial charge is 0.444 e. The number of benzene rings is 2. The maximum absolute atomic E-state index is 13.7. The summed E-state index contributed by atoms with van der Waals surface area (Å²) in [7, 11) is -8.42. The highest BCUT2D eigenvalue weighted by Gasteiger charge is 2.50. The van der Waals surface area contributed by atoms with Gasteiger partial charge in [-0.1, -0.05) is 23.7 Å². The van der Waals surface area contributed by atoms with Gasteiger partial charge >= 0.3 is 6.09 Å². The molecule has 38 heavy (non-hydrogen) atoms. The molecule has 0 unspecified atom stereocenters. The number of alkyl carbamates (subject to hydrolysis) is 1. The van der Waals surface area contributed by atoms with E-state index in [9.17, 15) is 26.9 Å². The smallest absolute Gasteiger partial charge is 0.410 e. The first kappa shape index (κ1) is 26.2. The third-order valence-electron chi connectivity index (χ3n) is 6.48. The lowest BCUT2D eigenvalue weighted by Crippen LogP contribution is -2.43. The Kier molecular flexibility index (Phi) is 6.68. The number of sulfonamides is 1. The zero-order chi connectivity index (χ0) is 27.1. The van der Waals surface area contributed by atoms with E-state index in [2.05, 4.69) is 10.3 Å². The molecule has 2 heterocycles. The quantitative estimate of drug-likeness (QED) is 0.445. The molecule has 1 saturated carbocycles. The summed E-state index contributed by atoms with van der Waals surface area (Å²) in [6.45, 7) is -0.471. The molecular weight excluding hydrogens is 556 g/mol. The van der Waals surface area contributed by atoms with Crippen LogP contribution in [0.1, 0.15) is 19.3 Å². The van der Waals surface area contributed by atoms with Crippen molar-refractivity contribution in [2.24, 2.45) is 0 Å². The number of carbonyl (C=O) groups is 1. The number of nitriles is 1. The molecule has 1 N–H and O–H groups in total. The maximum atomic E-state index is 13.7. The molecule has 5 rings (SSSR count). The van der Waals surface area contributed by atoms with Gasteiger partial charge in [0.1, 0.15) is 5.54 Å². The molecule has 198 valence electrons. The van der Waals surface area contributed by atoms with E-state index in [0.717, 1.165) is 4.31 Å². The molecule has 3 aromatic rings. The molecule has 2 aromatic carbocycles.